The lowest BCUT2D eigenvalue weighted by Gasteiger charge is -2.25. The molecule has 19 heavy (non-hydrogen) atoms. The largest absolute Gasteiger partial charge is 0.355 e. The van der Waals surface area contributed by atoms with Crippen molar-refractivity contribution in [3.05, 3.63) is 17.3 Å². The SMILES string of the molecule is CCNCc1c(N(C)C2CCCC2)nc2sccn12. The van der Waals surface area contributed by atoms with E-state index in [1.165, 1.54) is 37.2 Å². The predicted molar refractivity (Wildman–Crippen MR) is 81.1 cm³/mol. The number of fused-ring (bicyclic) bond motifs is 1. The maximum Gasteiger partial charge on any atom is 0.195 e. The van der Waals surface area contributed by atoms with E-state index in [1.54, 1.807) is 11.3 Å². The molecule has 0 saturated heterocycles. The summed E-state index contributed by atoms with van der Waals surface area (Å²) >= 11 is 1.71. The summed E-state index contributed by atoms with van der Waals surface area (Å²) in [5.41, 5.74) is 1.30. The number of nitrogens with zero attached hydrogens (tertiary/aromatic N) is 3. The third kappa shape index (κ3) is 2.37. The molecule has 0 radical (unpaired) electrons. The zero-order chi connectivity index (χ0) is 13.2. The first kappa shape index (κ1) is 12.9. The maximum atomic E-state index is 4.84. The van der Waals surface area contributed by atoms with E-state index in [0.29, 0.717) is 6.04 Å². The molecule has 3 rings (SSSR count). The summed E-state index contributed by atoms with van der Waals surface area (Å²) in [6.45, 7) is 4.02. The zero-order valence-electron chi connectivity index (χ0n) is 11.7. The van der Waals surface area contributed by atoms with Crippen LogP contribution in [0.25, 0.3) is 4.96 Å². The molecule has 1 N–H and O–H groups in total. The highest BCUT2D eigenvalue weighted by atomic mass is 32.1. The minimum atomic E-state index is 0.671. The first-order valence-electron chi connectivity index (χ1n) is 7.19. The van der Waals surface area contributed by atoms with Gasteiger partial charge in [-0.2, -0.15) is 0 Å². The van der Waals surface area contributed by atoms with Crippen molar-refractivity contribution in [2.24, 2.45) is 0 Å². The molecule has 5 heteroatoms. The number of rotatable bonds is 5. The van der Waals surface area contributed by atoms with Crippen molar-refractivity contribution in [1.82, 2.24) is 14.7 Å². The highest BCUT2D eigenvalue weighted by molar-refractivity contribution is 7.15. The summed E-state index contributed by atoms with van der Waals surface area (Å²) in [6, 6.07) is 0.671. The molecule has 2 aromatic heterocycles. The quantitative estimate of drug-likeness (QED) is 0.913. The molecule has 0 bridgehead atoms. The van der Waals surface area contributed by atoms with E-state index >= 15 is 0 Å². The third-order valence-corrected chi connectivity index (χ3v) is 4.85. The lowest BCUT2D eigenvalue weighted by atomic mass is 10.2. The van der Waals surface area contributed by atoms with E-state index in [1.807, 2.05) is 0 Å². The second-order valence-corrected chi connectivity index (χ2v) is 6.14. The molecule has 0 aromatic carbocycles. The highest BCUT2D eigenvalue weighted by Crippen LogP contribution is 2.30. The summed E-state index contributed by atoms with van der Waals surface area (Å²) < 4.78 is 2.23. The number of hydrogen-bond donors (Lipinski definition) is 1. The molecule has 0 spiro atoms. The topological polar surface area (TPSA) is 32.6 Å². The van der Waals surface area contributed by atoms with Gasteiger partial charge in [-0.15, -0.1) is 11.3 Å². The standard InChI is InChI=1S/C14H22N4S/c1-3-15-10-12-13(16-14-18(12)8-9-19-14)17(2)11-6-4-5-7-11/h8-9,11,15H,3-7,10H2,1-2H3. The van der Waals surface area contributed by atoms with Crippen LogP contribution < -0.4 is 10.2 Å². The van der Waals surface area contributed by atoms with Gasteiger partial charge in [0.25, 0.3) is 0 Å². The fraction of sp³-hybridized carbons (Fsp3) is 0.643. The van der Waals surface area contributed by atoms with Crippen molar-refractivity contribution in [1.29, 1.82) is 0 Å². The van der Waals surface area contributed by atoms with Gasteiger partial charge in [-0.05, 0) is 19.4 Å². The van der Waals surface area contributed by atoms with Crippen LogP contribution in [0.3, 0.4) is 0 Å². The Kier molecular flexibility index (Phi) is 3.75. The first-order valence-corrected chi connectivity index (χ1v) is 8.07. The van der Waals surface area contributed by atoms with Gasteiger partial charge in [-0.25, -0.2) is 4.98 Å². The molecule has 0 unspecified atom stereocenters. The molecular weight excluding hydrogens is 256 g/mol. The van der Waals surface area contributed by atoms with E-state index < -0.39 is 0 Å². The normalized spacial score (nSPS) is 16.5. The Balaban J connectivity index is 1.93. The lowest BCUT2D eigenvalue weighted by Crippen LogP contribution is -2.30. The van der Waals surface area contributed by atoms with Crippen LogP contribution in [0, 0.1) is 0 Å². The monoisotopic (exact) mass is 278 g/mol. The van der Waals surface area contributed by atoms with Crippen LogP contribution in [0.4, 0.5) is 5.82 Å². The van der Waals surface area contributed by atoms with Gasteiger partial charge in [0.2, 0.25) is 0 Å². The van der Waals surface area contributed by atoms with E-state index in [4.69, 9.17) is 4.98 Å². The molecular formula is C14H22N4S. The first-order chi connectivity index (χ1) is 9.31. The summed E-state index contributed by atoms with van der Waals surface area (Å²) in [5.74, 6) is 1.17. The Morgan fingerprint density at radius 3 is 3.00 bits per heavy atom. The fourth-order valence-corrected chi connectivity index (χ4v) is 3.70. The van der Waals surface area contributed by atoms with E-state index in [9.17, 15) is 0 Å². The highest BCUT2D eigenvalue weighted by Gasteiger charge is 2.24. The van der Waals surface area contributed by atoms with Crippen molar-refractivity contribution in [3.63, 3.8) is 0 Å². The maximum absolute atomic E-state index is 4.84. The molecule has 4 nitrogen and oxygen atoms in total. The fourth-order valence-electron chi connectivity index (χ4n) is 2.98. The van der Waals surface area contributed by atoms with Gasteiger partial charge in [-0.3, -0.25) is 4.40 Å². The Hall–Kier alpha value is -1.07. The molecule has 1 saturated carbocycles. The van der Waals surface area contributed by atoms with Crippen LogP contribution in [0.5, 0.6) is 0 Å². The third-order valence-electron chi connectivity index (χ3n) is 4.09. The number of anilines is 1. The number of imidazole rings is 1. The number of thiazole rings is 1. The van der Waals surface area contributed by atoms with E-state index in [2.05, 4.69) is 40.2 Å². The Bertz CT molecular complexity index is 539. The predicted octanol–water partition coefficient (Wildman–Crippen LogP) is 2.88. The van der Waals surface area contributed by atoms with Gasteiger partial charge in [0.1, 0.15) is 0 Å². The van der Waals surface area contributed by atoms with Crippen molar-refractivity contribution in [2.45, 2.75) is 45.2 Å². The van der Waals surface area contributed by atoms with Gasteiger partial charge < -0.3 is 10.2 Å². The molecule has 1 aliphatic carbocycles. The smallest absolute Gasteiger partial charge is 0.195 e. The van der Waals surface area contributed by atoms with Crippen LogP contribution in [0.1, 0.15) is 38.3 Å². The lowest BCUT2D eigenvalue weighted by molar-refractivity contribution is 0.637. The van der Waals surface area contributed by atoms with E-state index in [-0.39, 0.29) is 0 Å². The van der Waals surface area contributed by atoms with Crippen LogP contribution in [-0.4, -0.2) is 29.0 Å². The second-order valence-electron chi connectivity index (χ2n) is 5.27. The van der Waals surface area contributed by atoms with Crippen LogP contribution in [0.15, 0.2) is 11.6 Å². The van der Waals surface area contributed by atoms with Gasteiger partial charge in [0.15, 0.2) is 10.8 Å². The summed E-state index contributed by atoms with van der Waals surface area (Å²) in [7, 11) is 2.21. The van der Waals surface area contributed by atoms with Crippen molar-refractivity contribution in [3.8, 4) is 0 Å². The molecule has 1 aliphatic rings. The van der Waals surface area contributed by atoms with Gasteiger partial charge in [-0.1, -0.05) is 19.8 Å². The van der Waals surface area contributed by atoms with Gasteiger partial charge >= 0.3 is 0 Å². The number of hydrogen-bond acceptors (Lipinski definition) is 4. The summed E-state index contributed by atoms with van der Waals surface area (Å²) in [4.78, 5) is 8.34. The van der Waals surface area contributed by atoms with E-state index in [0.717, 1.165) is 18.1 Å². The van der Waals surface area contributed by atoms with Crippen molar-refractivity contribution >= 4 is 22.1 Å². The Morgan fingerprint density at radius 1 is 1.47 bits per heavy atom. The minimum Gasteiger partial charge on any atom is -0.355 e. The zero-order valence-corrected chi connectivity index (χ0v) is 12.5. The van der Waals surface area contributed by atoms with Crippen LogP contribution in [-0.2, 0) is 6.54 Å². The molecule has 0 atom stereocenters. The van der Waals surface area contributed by atoms with Crippen molar-refractivity contribution < 1.29 is 0 Å². The average Bonchev–Trinajstić information content (AvgIpc) is 3.12. The summed E-state index contributed by atoms with van der Waals surface area (Å²) in [6.07, 6.45) is 7.47. The Labute approximate surface area is 118 Å². The molecule has 0 aliphatic heterocycles. The molecule has 2 heterocycles. The molecule has 2 aromatic rings. The minimum absolute atomic E-state index is 0.671. The van der Waals surface area contributed by atoms with Crippen molar-refractivity contribution in [2.75, 3.05) is 18.5 Å². The number of nitrogens with one attached hydrogen (secondary N) is 1. The molecule has 104 valence electrons. The van der Waals surface area contributed by atoms with Crippen LogP contribution >= 0.6 is 11.3 Å². The number of aromatic nitrogens is 2. The van der Waals surface area contributed by atoms with Gasteiger partial charge in [0, 0.05) is 31.2 Å². The molecule has 0 amide bonds. The average molecular weight is 278 g/mol. The Morgan fingerprint density at radius 2 is 2.26 bits per heavy atom. The second kappa shape index (κ2) is 5.51. The van der Waals surface area contributed by atoms with Gasteiger partial charge in [0.05, 0.1) is 5.69 Å². The summed E-state index contributed by atoms with van der Waals surface area (Å²) in [5, 5.41) is 5.54. The molecule has 1 fully saturated rings. The van der Waals surface area contributed by atoms with Crippen LogP contribution in [0.2, 0.25) is 0 Å².